The average Bonchev–Trinajstić information content (AvgIpc) is 2.60. The Morgan fingerprint density at radius 2 is 2.06 bits per heavy atom. The molecule has 7 heteroatoms. The molecule has 0 saturated heterocycles. The molecule has 2 rings (SSSR count). The second kappa shape index (κ2) is 3.82. The van der Waals surface area contributed by atoms with E-state index in [0.29, 0.717) is 0 Å². The van der Waals surface area contributed by atoms with Gasteiger partial charge in [-0.2, -0.15) is 0 Å². The minimum Gasteiger partial charge on any atom is -0.539 e. The Morgan fingerprint density at radius 1 is 1.38 bits per heavy atom. The molecule has 1 aromatic heterocycles. The quantitative estimate of drug-likeness (QED) is 0.448. The summed E-state index contributed by atoms with van der Waals surface area (Å²) in [6, 6.07) is 5.91. The van der Waals surface area contributed by atoms with Crippen LogP contribution in [0.3, 0.4) is 0 Å². The number of hydrogen-bond donors (Lipinski definition) is 0. The van der Waals surface area contributed by atoms with Crippen LogP contribution in [0.5, 0.6) is 5.95 Å². The van der Waals surface area contributed by atoms with Crippen molar-refractivity contribution >= 4 is 17.3 Å². The van der Waals surface area contributed by atoms with Gasteiger partial charge in [0.15, 0.2) is 0 Å². The zero-order valence-electron chi connectivity index (χ0n) is 7.79. The molecular weight excluding hydrogens is 236 g/mol. The topological polar surface area (TPSA) is 83.2 Å². The van der Waals surface area contributed by atoms with Gasteiger partial charge < -0.3 is 9.52 Å². The van der Waals surface area contributed by atoms with Crippen LogP contribution in [0.1, 0.15) is 0 Å². The van der Waals surface area contributed by atoms with Gasteiger partial charge in [0, 0.05) is 12.1 Å². The highest BCUT2D eigenvalue weighted by Crippen LogP contribution is 2.22. The van der Waals surface area contributed by atoms with E-state index < -0.39 is 10.9 Å². The van der Waals surface area contributed by atoms with Crippen LogP contribution in [0.15, 0.2) is 35.1 Å². The Bertz CT molecular complexity index is 552. The Kier molecular flexibility index (Phi) is 2.49. The fourth-order valence-corrected chi connectivity index (χ4v) is 1.45. The zero-order valence-corrected chi connectivity index (χ0v) is 8.55. The van der Waals surface area contributed by atoms with Gasteiger partial charge >= 0.3 is 10.8 Å². The summed E-state index contributed by atoms with van der Waals surface area (Å²) < 4.78 is 5.66. The third kappa shape index (κ3) is 1.59. The smallest absolute Gasteiger partial charge is 0.340 e. The summed E-state index contributed by atoms with van der Waals surface area (Å²) in [4.78, 5) is 10.2. The summed E-state index contributed by atoms with van der Waals surface area (Å²) in [5, 5.41) is 21.5. The highest BCUT2D eigenvalue weighted by Gasteiger charge is 2.25. The molecule has 0 radical (unpaired) electrons. The average molecular weight is 241 g/mol. The maximum absolute atomic E-state index is 11.0. The second-order valence-corrected chi connectivity index (χ2v) is 3.28. The van der Waals surface area contributed by atoms with Gasteiger partial charge in [0.2, 0.25) is 6.39 Å². The highest BCUT2D eigenvalue weighted by atomic mass is 35.5. The van der Waals surface area contributed by atoms with Crippen molar-refractivity contribution in [3.63, 3.8) is 0 Å². The molecule has 0 spiro atoms. The van der Waals surface area contributed by atoms with Crippen molar-refractivity contribution in [1.82, 2.24) is 0 Å². The van der Waals surface area contributed by atoms with E-state index in [-0.39, 0.29) is 16.5 Å². The number of nitro benzene ring substituents is 1. The van der Waals surface area contributed by atoms with Gasteiger partial charge in [-0.05, 0) is 11.6 Å². The van der Waals surface area contributed by atoms with E-state index in [1.54, 1.807) is 6.07 Å². The summed E-state index contributed by atoms with van der Waals surface area (Å²) in [6.07, 6.45) is 1.03. The molecule has 1 aromatic carbocycles. The molecule has 0 saturated carbocycles. The molecule has 0 bridgehead atoms. The summed E-state index contributed by atoms with van der Waals surface area (Å²) >= 11 is 5.65. The standard InChI is InChI=1S/C9H5ClN2O4/c10-8-9(13)16-5-11(8)6-3-1-2-4-7(6)12(14)15/h1-5H. The molecule has 0 fully saturated rings. The van der Waals surface area contributed by atoms with E-state index in [2.05, 4.69) is 4.42 Å². The molecule has 16 heavy (non-hydrogen) atoms. The predicted octanol–water partition coefficient (Wildman–Crippen LogP) is 1.19. The minimum absolute atomic E-state index is 0.157. The number of nitro groups is 1. The van der Waals surface area contributed by atoms with Crippen LogP contribution in [-0.4, -0.2) is 4.92 Å². The van der Waals surface area contributed by atoms with Crippen LogP contribution in [0.25, 0.3) is 5.69 Å². The number of oxazole rings is 1. The molecule has 0 aliphatic rings. The molecular formula is C9H5ClN2O4. The maximum Gasteiger partial charge on any atom is 0.340 e. The van der Waals surface area contributed by atoms with E-state index in [0.717, 1.165) is 11.0 Å². The first kappa shape index (κ1) is 10.4. The number of para-hydroxylation sites is 2. The van der Waals surface area contributed by atoms with E-state index in [1.165, 1.54) is 18.2 Å². The lowest BCUT2D eigenvalue weighted by Crippen LogP contribution is -2.30. The Labute approximate surface area is 94.5 Å². The predicted molar refractivity (Wildman–Crippen MR) is 51.4 cm³/mol. The monoisotopic (exact) mass is 240 g/mol. The number of benzene rings is 1. The molecule has 0 amide bonds. The lowest BCUT2D eigenvalue weighted by molar-refractivity contribution is -0.602. The summed E-state index contributed by atoms with van der Waals surface area (Å²) in [5.74, 6) is -0.736. The Hall–Kier alpha value is -2.08. The largest absolute Gasteiger partial charge is 0.539 e. The third-order valence-corrected chi connectivity index (χ3v) is 2.32. The second-order valence-electron chi connectivity index (χ2n) is 2.92. The van der Waals surface area contributed by atoms with Crippen molar-refractivity contribution in [3.05, 3.63) is 45.9 Å². The maximum atomic E-state index is 11.0. The van der Waals surface area contributed by atoms with Gasteiger partial charge in [-0.15, -0.1) is 4.57 Å². The first-order valence-electron chi connectivity index (χ1n) is 4.20. The first-order chi connectivity index (χ1) is 7.61. The van der Waals surface area contributed by atoms with Crippen LogP contribution < -0.4 is 9.67 Å². The molecule has 0 aliphatic heterocycles. The number of nitrogens with zero attached hydrogens (tertiary/aromatic N) is 2. The Balaban J connectivity index is 2.64. The van der Waals surface area contributed by atoms with Crippen molar-refractivity contribution in [3.8, 4) is 11.6 Å². The van der Waals surface area contributed by atoms with E-state index in [1.807, 2.05) is 0 Å². The van der Waals surface area contributed by atoms with Crippen LogP contribution >= 0.6 is 11.6 Å². The molecule has 0 atom stereocenters. The number of rotatable bonds is 2. The Morgan fingerprint density at radius 3 is 2.62 bits per heavy atom. The molecule has 1 heterocycles. The molecule has 2 aromatic rings. The summed E-state index contributed by atoms with van der Waals surface area (Å²) in [5.41, 5.74) is 0.0264. The van der Waals surface area contributed by atoms with Crippen molar-refractivity contribution in [1.29, 1.82) is 0 Å². The molecule has 82 valence electrons. The van der Waals surface area contributed by atoms with Crippen LogP contribution in [-0.2, 0) is 0 Å². The lowest BCUT2D eigenvalue weighted by atomic mass is 10.2. The van der Waals surface area contributed by atoms with E-state index in [4.69, 9.17) is 11.6 Å². The van der Waals surface area contributed by atoms with Crippen molar-refractivity contribution in [2.45, 2.75) is 0 Å². The molecule has 6 nitrogen and oxygen atoms in total. The normalized spacial score (nSPS) is 10.3. The minimum atomic E-state index is -0.736. The molecule has 0 aliphatic carbocycles. The fourth-order valence-electron chi connectivity index (χ4n) is 1.28. The molecule has 0 unspecified atom stereocenters. The van der Waals surface area contributed by atoms with Crippen molar-refractivity contribution in [2.75, 3.05) is 0 Å². The number of hydrogen-bond acceptors (Lipinski definition) is 4. The number of aromatic nitrogens is 1. The SMILES string of the molecule is O=[N+]([O-])c1ccccc1-[n+]1coc([O-])c1Cl. The van der Waals surface area contributed by atoms with Crippen LogP contribution in [0.4, 0.5) is 5.69 Å². The van der Waals surface area contributed by atoms with Gasteiger partial charge in [0.25, 0.3) is 5.69 Å². The highest BCUT2D eigenvalue weighted by molar-refractivity contribution is 6.29. The van der Waals surface area contributed by atoms with Gasteiger partial charge in [-0.3, -0.25) is 10.1 Å². The third-order valence-electron chi connectivity index (χ3n) is 1.98. The van der Waals surface area contributed by atoms with Gasteiger partial charge in [-0.1, -0.05) is 12.1 Å². The first-order valence-corrected chi connectivity index (χ1v) is 4.58. The van der Waals surface area contributed by atoms with E-state index >= 15 is 0 Å². The van der Waals surface area contributed by atoms with Crippen molar-refractivity contribution < 1.29 is 19.0 Å². The molecule has 0 N–H and O–H groups in total. The van der Waals surface area contributed by atoms with Gasteiger partial charge in [-0.25, -0.2) is 0 Å². The van der Waals surface area contributed by atoms with Gasteiger partial charge in [0.1, 0.15) is 5.95 Å². The lowest BCUT2D eigenvalue weighted by Gasteiger charge is -1.95. The zero-order chi connectivity index (χ0) is 11.7. The number of halogens is 1. The summed E-state index contributed by atoms with van der Waals surface area (Å²) in [6.45, 7) is 0. The van der Waals surface area contributed by atoms with Crippen LogP contribution in [0, 0.1) is 10.1 Å². The fraction of sp³-hybridized carbons (Fsp3) is 0. The van der Waals surface area contributed by atoms with E-state index in [9.17, 15) is 15.2 Å². The van der Waals surface area contributed by atoms with Crippen LogP contribution in [0.2, 0.25) is 5.15 Å². The van der Waals surface area contributed by atoms with Gasteiger partial charge in [0.05, 0.1) is 4.92 Å². The summed E-state index contributed by atoms with van der Waals surface area (Å²) in [7, 11) is 0. The van der Waals surface area contributed by atoms with Crippen molar-refractivity contribution in [2.24, 2.45) is 0 Å².